The van der Waals surface area contributed by atoms with E-state index >= 15 is 0 Å². The summed E-state index contributed by atoms with van der Waals surface area (Å²) in [6.07, 6.45) is 1.04. The number of methoxy groups -OCH3 is 3. The van der Waals surface area contributed by atoms with E-state index in [0.717, 1.165) is 11.3 Å². The molecule has 2 N–H and O–H groups in total. The Morgan fingerprint density at radius 2 is 1.95 bits per heavy atom. The standard InChI is InChI=1S/C15H23NO4/c1-10(8-15(17)20-4)7-13(16)12-6-5-11(18-2)9-14(12)19-3/h5-6,9-10,13H,7-8,16H2,1-4H3. The first-order chi connectivity index (χ1) is 9.51. The molecule has 112 valence electrons. The molecule has 0 spiro atoms. The number of benzene rings is 1. The molecule has 20 heavy (non-hydrogen) atoms. The van der Waals surface area contributed by atoms with Crippen LogP contribution >= 0.6 is 0 Å². The van der Waals surface area contributed by atoms with Crippen LogP contribution < -0.4 is 15.2 Å². The Morgan fingerprint density at radius 1 is 1.25 bits per heavy atom. The van der Waals surface area contributed by atoms with Gasteiger partial charge in [-0.25, -0.2) is 0 Å². The van der Waals surface area contributed by atoms with Gasteiger partial charge >= 0.3 is 5.97 Å². The van der Waals surface area contributed by atoms with Crippen LogP contribution in [-0.2, 0) is 9.53 Å². The monoisotopic (exact) mass is 281 g/mol. The molecule has 0 saturated heterocycles. The van der Waals surface area contributed by atoms with Crippen molar-refractivity contribution in [3.05, 3.63) is 23.8 Å². The van der Waals surface area contributed by atoms with Crippen LogP contribution in [0, 0.1) is 5.92 Å². The fourth-order valence-electron chi connectivity index (χ4n) is 2.14. The molecule has 1 aromatic rings. The number of carbonyl (C=O) groups excluding carboxylic acids is 1. The molecule has 2 atom stereocenters. The molecule has 0 fully saturated rings. The molecule has 0 radical (unpaired) electrons. The van der Waals surface area contributed by atoms with Crippen molar-refractivity contribution >= 4 is 5.97 Å². The number of ether oxygens (including phenoxy) is 3. The molecule has 0 aliphatic rings. The molecule has 1 aromatic carbocycles. The maximum absolute atomic E-state index is 11.2. The van der Waals surface area contributed by atoms with Gasteiger partial charge in [0.05, 0.1) is 21.3 Å². The van der Waals surface area contributed by atoms with E-state index in [0.29, 0.717) is 18.6 Å². The van der Waals surface area contributed by atoms with Crippen molar-refractivity contribution in [3.63, 3.8) is 0 Å². The Bertz CT molecular complexity index is 447. The Hall–Kier alpha value is -1.75. The molecule has 0 saturated carbocycles. The maximum atomic E-state index is 11.2. The van der Waals surface area contributed by atoms with E-state index in [2.05, 4.69) is 4.74 Å². The van der Waals surface area contributed by atoms with Gasteiger partial charge in [0.1, 0.15) is 11.5 Å². The average Bonchev–Trinajstić information content (AvgIpc) is 2.45. The lowest BCUT2D eigenvalue weighted by atomic mass is 9.94. The number of nitrogens with two attached hydrogens (primary N) is 1. The molecule has 0 bridgehead atoms. The minimum absolute atomic E-state index is 0.143. The predicted octanol–water partition coefficient (Wildman–Crippen LogP) is 2.29. The van der Waals surface area contributed by atoms with Crippen LogP contribution in [0.15, 0.2) is 18.2 Å². The third-order valence-electron chi connectivity index (χ3n) is 3.24. The summed E-state index contributed by atoms with van der Waals surface area (Å²) in [5, 5.41) is 0. The average molecular weight is 281 g/mol. The molecule has 5 nitrogen and oxygen atoms in total. The first-order valence-electron chi connectivity index (χ1n) is 6.56. The van der Waals surface area contributed by atoms with Gasteiger partial charge in [0.2, 0.25) is 0 Å². The van der Waals surface area contributed by atoms with Crippen LogP contribution in [-0.4, -0.2) is 27.3 Å². The van der Waals surface area contributed by atoms with Crippen LogP contribution in [0.3, 0.4) is 0 Å². The number of esters is 1. The number of hydrogen-bond acceptors (Lipinski definition) is 5. The van der Waals surface area contributed by atoms with Crippen molar-refractivity contribution < 1.29 is 19.0 Å². The van der Waals surface area contributed by atoms with Crippen molar-refractivity contribution in [1.29, 1.82) is 0 Å². The molecule has 0 aromatic heterocycles. The summed E-state index contributed by atoms with van der Waals surface area (Å²) in [6.45, 7) is 1.98. The zero-order valence-corrected chi connectivity index (χ0v) is 12.5. The van der Waals surface area contributed by atoms with Crippen molar-refractivity contribution in [1.82, 2.24) is 0 Å². The van der Waals surface area contributed by atoms with Gasteiger partial charge in [-0.15, -0.1) is 0 Å². The maximum Gasteiger partial charge on any atom is 0.305 e. The first-order valence-corrected chi connectivity index (χ1v) is 6.56. The van der Waals surface area contributed by atoms with E-state index in [1.54, 1.807) is 20.3 Å². The molecule has 0 amide bonds. The van der Waals surface area contributed by atoms with Gasteiger partial charge < -0.3 is 19.9 Å². The van der Waals surface area contributed by atoms with Gasteiger partial charge in [-0.05, 0) is 18.4 Å². The lowest BCUT2D eigenvalue weighted by molar-refractivity contribution is -0.141. The van der Waals surface area contributed by atoms with Crippen LogP contribution in [0.25, 0.3) is 0 Å². The molecule has 5 heteroatoms. The zero-order chi connectivity index (χ0) is 15.1. The summed E-state index contributed by atoms with van der Waals surface area (Å²) in [5.41, 5.74) is 7.12. The van der Waals surface area contributed by atoms with Gasteiger partial charge in [0, 0.05) is 24.1 Å². The minimum Gasteiger partial charge on any atom is -0.497 e. The summed E-state index contributed by atoms with van der Waals surface area (Å²) in [6, 6.07) is 5.35. The minimum atomic E-state index is -0.216. The van der Waals surface area contributed by atoms with Crippen molar-refractivity contribution in [2.45, 2.75) is 25.8 Å². The highest BCUT2D eigenvalue weighted by molar-refractivity contribution is 5.69. The van der Waals surface area contributed by atoms with Gasteiger partial charge in [0.25, 0.3) is 0 Å². The van der Waals surface area contributed by atoms with Gasteiger partial charge in [0.15, 0.2) is 0 Å². The second kappa shape index (κ2) is 7.75. The van der Waals surface area contributed by atoms with Crippen molar-refractivity contribution in [2.75, 3.05) is 21.3 Å². The highest BCUT2D eigenvalue weighted by Crippen LogP contribution is 2.31. The number of carbonyl (C=O) groups is 1. The van der Waals surface area contributed by atoms with Crippen LogP contribution in [0.4, 0.5) is 0 Å². The van der Waals surface area contributed by atoms with Crippen molar-refractivity contribution in [2.24, 2.45) is 11.7 Å². The van der Waals surface area contributed by atoms with E-state index < -0.39 is 0 Å². The second-order valence-corrected chi connectivity index (χ2v) is 4.84. The lowest BCUT2D eigenvalue weighted by Crippen LogP contribution is -2.17. The Kier molecular flexibility index (Phi) is 6.31. The Balaban J connectivity index is 2.76. The van der Waals surface area contributed by atoms with Crippen molar-refractivity contribution in [3.8, 4) is 11.5 Å². The SMILES string of the molecule is COC(=O)CC(C)CC(N)c1ccc(OC)cc1OC. The van der Waals surface area contributed by atoms with E-state index in [-0.39, 0.29) is 17.9 Å². The highest BCUT2D eigenvalue weighted by atomic mass is 16.5. The van der Waals surface area contributed by atoms with Crippen LogP contribution in [0.1, 0.15) is 31.4 Å². The fourth-order valence-corrected chi connectivity index (χ4v) is 2.14. The van der Waals surface area contributed by atoms with E-state index in [1.165, 1.54) is 7.11 Å². The van der Waals surface area contributed by atoms with Gasteiger partial charge in [-0.1, -0.05) is 13.0 Å². The van der Waals surface area contributed by atoms with E-state index in [4.69, 9.17) is 15.2 Å². The first kappa shape index (κ1) is 16.3. The lowest BCUT2D eigenvalue weighted by Gasteiger charge is -2.19. The summed E-state index contributed by atoms with van der Waals surface area (Å²) in [5.74, 6) is 1.35. The second-order valence-electron chi connectivity index (χ2n) is 4.84. The van der Waals surface area contributed by atoms with Gasteiger partial charge in [-0.3, -0.25) is 4.79 Å². The smallest absolute Gasteiger partial charge is 0.305 e. The molecule has 0 aliphatic heterocycles. The summed E-state index contributed by atoms with van der Waals surface area (Å²) in [7, 11) is 4.59. The topological polar surface area (TPSA) is 70.8 Å². The van der Waals surface area contributed by atoms with Crippen LogP contribution in [0.5, 0.6) is 11.5 Å². The molecule has 1 rings (SSSR count). The number of rotatable bonds is 7. The molecular weight excluding hydrogens is 258 g/mol. The molecule has 0 heterocycles. The molecule has 0 aliphatic carbocycles. The van der Waals surface area contributed by atoms with E-state index in [9.17, 15) is 4.79 Å². The predicted molar refractivity (Wildman–Crippen MR) is 76.9 cm³/mol. The summed E-state index contributed by atoms with van der Waals surface area (Å²) < 4.78 is 15.2. The normalized spacial score (nSPS) is 13.4. The number of hydrogen-bond donors (Lipinski definition) is 1. The third kappa shape index (κ3) is 4.42. The largest absolute Gasteiger partial charge is 0.497 e. The quantitative estimate of drug-likeness (QED) is 0.776. The third-order valence-corrected chi connectivity index (χ3v) is 3.24. The highest BCUT2D eigenvalue weighted by Gasteiger charge is 2.18. The molecular formula is C15H23NO4. The fraction of sp³-hybridized carbons (Fsp3) is 0.533. The van der Waals surface area contributed by atoms with Gasteiger partial charge in [-0.2, -0.15) is 0 Å². The summed E-state index contributed by atoms with van der Waals surface area (Å²) in [4.78, 5) is 11.2. The Morgan fingerprint density at radius 3 is 2.50 bits per heavy atom. The molecule has 2 unspecified atom stereocenters. The van der Waals surface area contributed by atoms with E-state index in [1.807, 2.05) is 19.1 Å². The summed E-state index contributed by atoms with van der Waals surface area (Å²) >= 11 is 0. The zero-order valence-electron chi connectivity index (χ0n) is 12.5. The van der Waals surface area contributed by atoms with Crippen LogP contribution in [0.2, 0.25) is 0 Å². The Labute approximate surface area is 120 Å².